The number of nitrogens with one attached hydrogen (secondary N) is 2. The van der Waals surface area contributed by atoms with Crippen molar-refractivity contribution in [2.45, 2.75) is 46.1 Å². The van der Waals surface area contributed by atoms with Gasteiger partial charge in [0.2, 0.25) is 5.91 Å². The number of carbonyl (C=O) groups is 2. The summed E-state index contributed by atoms with van der Waals surface area (Å²) in [7, 11) is 0. The van der Waals surface area contributed by atoms with Gasteiger partial charge in [-0.2, -0.15) is 5.26 Å². The van der Waals surface area contributed by atoms with Gasteiger partial charge in [-0.25, -0.2) is 0 Å². The largest absolute Gasteiger partial charge is 0.494 e. The van der Waals surface area contributed by atoms with Gasteiger partial charge in [-0.15, -0.1) is 0 Å². The van der Waals surface area contributed by atoms with Crippen LogP contribution in [0.4, 0.5) is 0 Å². The molecule has 7 nitrogen and oxygen atoms in total. The highest BCUT2D eigenvalue weighted by atomic mass is 16.5. The molecule has 29 heavy (non-hydrogen) atoms. The highest BCUT2D eigenvalue weighted by Gasteiger charge is 2.19. The second kappa shape index (κ2) is 11.1. The second-order valence-corrected chi connectivity index (χ2v) is 7.13. The van der Waals surface area contributed by atoms with Crippen molar-refractivity contribution in [1.82, 2.24) is 15.5 Å². The molecule has 2 rings (SSSR count). The van der Waals surface area contributed by atoms with E-state index >= 15 is 0 Å². The maximum absolute atomic E-state index is 12.5. The number of aryl methyl sites for hydroxylation is 1. The number of hydrogen-bond donors (Lipinski definition) is 2. The van der Waals surface area contributed by atoms with Crippen molar-refractivity contribution in [3.8, 4) is 11.8 Å². The number of ether oxygens (including phenoxy) is 1. The third-order valence-corrected chi connectivity index (χ3v) is 4.81. The van der Waals surface area contributed by atoms with Crippen LogP contribution in [0.2, 0.25) is 0 Å². The first-order chi connectivity index (χ1) is 14.0. The van der Waals surface area contributed by atoms with Crippen molar-refractivity contribution >= 4 is 11.8 Å². The van der Waals surface area contributed by atoms with Crippen molar-refractivity contribution < 1.29 is 14.3 Å². The van der Waals surface area contributed by atoms with Crippen LogP contribution in [0.3, 0.4) is 0 Å². The summed E-state index contributed by atoms with van der Waals surface area (Å²) in [4.78, 5) is 25.9. The summed E-state index contributed by atoms with van der Waals surface area (Å²) >= 11 is 0. The van der Waals surface area contributed by atoms with Crippen LogP contribution in [0.15, 0.2) is 30.0 Å². The Hall–Kier alpha value is -3.01. The zero-order chi connectivity index (χ0) is 21.2. The Balaban J connectivity index is 1.88. The number of amides is 2. The third-order valence-electron chi connectivity index (χ3n) is 4.81. The Labute approximate surface area is 172 Å². The minimum Gasteiger partial charge on any atom is -0.494 e. The quantitative estimate of drug-likeness (QED) is 0.359. The lowest BCUT2D eigenvalue weighted by Crippen LogP contribution is -2.29. The van der Waals surface area contributed by atoms with Crippen molar-refractivity contribution in [2.75, 3.05) is 26.2 Å². The van der Waals surface area contributed by atoms with Crippen LogP contribution in [0.25, 0.3) is 0 Å². The Kier molecular flexibility index (Phi) is 8.53. The molecular formula is C22H30N4O3. The van der Waals surface area contributed by atoms with Crippen LogP contribution in [-0.2, 0) is 9.59 Å². The van der Waals surface area contributed by atoms with Gasteiger partial charge >= 0.3 is 0 Å². The van der Waals surface area contributed by atoms with Gasteiger partial charge in [0.25, 0.3) is 5.91 Å². The van der Waals surface area contributed by atoms with Gasteiger partial charge in [0.15, 0.2) is 0 Å². The summed E-state index contributed by atoms with van der Waals surface area (Å²) in [6, 6.07) is 7.47. The lowest BCUT2D eigenvalue weighted by Gasteiger charge is -2.18. The highest BCUT2D eigenvalue weighted by molar-refractivity contribution is 5.97. The first-order valence-electron chi connectivity index (χ1n) is 10.1. The molecule has 1 aliphatic rings. The predicted molar refractivity (Wildman–Crippen MR) is 111 cm³/mol. The summed E-state index contributed by atoms with van der Waals surface area (Å²) in [6.45, 7) is 8.39. The van der Waals surface area contributed by atoms with Crippen LogP contribution < -0.4 is 15.4 Å². The standard InChI is InChI=1S/C22H30N4O3/c1-4-29-20-9-8-16(2)13-19(20)17(3)25-22(28)18(14-23)15-24-10-6-12-26-11-5-7-21(26)27/h8-9,13,15,17,24H,4-7,10-12H2,1-3H3,(H,25,28)/b18-15-. The molecule has 7 heteroatoms. The fourth-order valence-corrected chi connectivity index (χ4v) is 3.28. The van der Waals surface area contributed by atoms with Gasteiger partial charge in [0.1, 0.15) is 17.4 Å². The summed E-state index contributed by atoms with van der Waals surface area (Å²) in [5.41, 5.74) is 1.96. The average Bonchev–Trinajstić information content (AvgIpc) is 3.10. The van der Waals surface area contributed by atoms with Gasteiger partial charge < -0.3 is 20.3 Å². The molecule has 1 unspecified atom stereocenters. The number of carbonyl (C=O) groups excluding carboxylic acids is 2. The third kappa shape index (κ3) is 6.53. The predicted octanol–water partition coefficient (Wildman–Crippen LogP) is 2.58. The molecule has 1 fully saturated rings. The number of rotatable bonds is 10. The SMILES string of the molecule is CCOc1ccc(C)cc1C(C)NC(=O)/C(C#N)=C\NCCCN1CCCC1=O. The second-order valence-electron chi connectivity index (χ2n) is 7.13. The van der Waals surface area contributed by atoms with E-state index < -0.39 is 5.91 Å². The molecule has 0 spiro atoms. The molecule has 156 valence electrons. The molecule has 2 amide bonds. The van der Waals surface area contributed by atoms with E-state index in [2.05, 4.69) is 10.6 Å². The lowest BCUT2D eigenvalue weighted by atomic mass is 10.0. The summed E-state index contributed by atoms with van der Waals surface area (Å²) in [5.74, 6) is 0.489. The summed E-state index contributed by atoms with van der Waals surface area (Å²) < 4.78 is 5.65. The van der Waals surface area contributed by atoms with E-state index in [0.29, 0.717) is 26.1 Å². The molecular weight excluding hydrogens is 368 g/mol. The first-order valence-corrected chi connectivity index (χ1v) is 10.1. The van der Waals surface area contributed by atoms with Crippen LogP contribution in [0, 0.1) is 18.3 Å². The summed E-state index contributed by atoms with van der Waals surface area (Å²) in [6.07, 6.45) is 3.76. The number of hydrogen-bond acceptors (Lipinski definition) is 5. The molecule has 0 radical (unpaired) electrons. The van der Waals surface area contributed by atoms with Crippen LogP contribution in [0.1, 0.15) is 50.3 Å². The van der Waals surface area contributed by atoms with E-state index in [-0.39, 0.29) is 17.5 Å². The van der Waals surface area contributed by atoms with Crippen molar-refractivity contribution in [3.63, 3.8) is 0 Å². The Bertz CT molecular complexity index is 798. The molecule has 0 aliphatic carbocycles. The topological polar surface area (TPSA) is 94.5 Å². The number of likely N-dealkylation sites (tertiary alicyclic amines) is 1. The average molecular weight is 399 g/mol. The molecule has 2 N–H and O–H groups in total. The fourth-order valence-electron chi connectivity index (χ4n) is 3.28. The van der Waals surface area contributed by atoms with Gasteiger partial charge in [0, 0.05) is 37.8 Å². The number of benzene rings is 1. The zero-order valence-corrected chi connectivity index (χ0v) is 17.5. The van der Waals surface area contributed by atoms with E-state index in [1.54, 1.807) is 0 Å². The molecule has 1 aliphatic heterocycles. The maximum Gasteiger partial charge on any atom is 0.263 e. The van der Waals surface area contributed by atoms with E-state index in [9.17, 15) is 14.9 Å². The molecule has 0 bridgehead atoms. The van der Waals surface area contributed by atoms with Crippen molar-refractivity contribution in [2.24, 2.45) is 0 Å². The van der Waals surface area contributed by atoms with Gasteiger partial charge in [0.05, 0.1) is 12.6 Å². The number of nitriles is 1. The van der Waals surface area contributed by atoms with Crippen LogP contribution in [-0.4, -0.2) is 43.0 Å². The maximum atomic E-state index is 12.5. The normalized spacial score (nSPS) is 15.0. The molecule has 1 aromatic carbocycles. The van der Waals surface area contributed by atoms with E-state index in [1.165, 1.54) is 6.20 Å². The fraction of sp³-hybridized carbons (Fsp3) is 0.500. The highest BCUT2D eigenvalue weighted by Crippen LogP contribution is 2.26. The Morgan fingerprint density at radius 3 is 2.90 bits per heavy atom. The monoisotopic (exact) mass is 398 g/mol. The molecule has 1 atom stereocenters. The molecule has 0 aromatic heterocycles. The Morgan fingerprint density at radius 2 is 2.24 bits per heavy atom. The first kappa shape index (κ1) is 22.3. The van der Waals surface area contributed by atoms with Gasteiger partial charge in [-0.1, -0.05) is 17.7 Å². The lowest BCUT2D eigenvalue weighted by molar-refractivity contribution is -0.127. The van der Waals surface area contributed by atoms with Crippen molar-refractivity contribution in [1.29, 1.82) is 5.26 Å². The molecule has 1 saturated heterocycles. The zero-order valence-electron chi connectivity index (χ0n) is 17.5. The van der Waals surface area contributed by atoms with E-state index in [1.807, 2.05) is 49.9 Å². The smallest absolute Gasteiger partial charge is 0.263 e. The molecule has 1 heterocycles. The van der Waals surface area contributed by atoms with E-state index in [4.69, 9.17) is 4.74 Å². The van der Waals surface area contributed by atoms with Crippen molar-refractivity contribution in [3.05, 3.63) is 41.1 Å². The minimum absolute atomic E-state index is 0.0136. The minimum atomic E-state index is -0.439. The van der Waals surface area contributed by atoms with Gasteiger partial charge in [-0.05, 0) is 39.7 Å². The summed E-state index contributed by atoms with van der Waals surface area (Å²) in [5, 5.41) is 15.2. The number of nitrogens with zero attached hydrogens (tertiary/aromatic N) is 2. The Morgan fingerprint density at radius 1 is 1.45 bits per heavy atom. The molecule has 1 aromatic rings. The molecule has 0 saturated carbocycles. The van der Waals surface area contributed by atoms with E-state index in [0.717, 1.165) is 36.3 Å². The van der Waals surface area contributed by atoms with Gasteiger partial charge in [-0.3, -0.25) is 9.59 Å². The van der Waals surface area contributed by atoms with Crippen LogP contribution >= 0.6 is 0 Å². The van der Waals surface area contributed by atoms with Crippen LogP contribution in [0.5, 0.6) is 5.75 Å².